The van der Waals surface area contributed by atoms with Gasteiger partial charge < -0.3 is 24.0 Å². The lowest BCUT2D eigenvalue weighted by atomic mass is 10.2. The molecule has 102 valence electrons. The number of sulfonamides is 1. The molecule has 0 aliphatic carbocycles. The van der Waals surface area contributed by atoms with Crippen LogP contribution in [0.2, 0.25) is 0 Å². The van der Waals surface area contributed by atoms with E-state index in [-0.39, 0.29) is 24.0 Å². The predicted molar refractivity (Wildman–Crippen MR) is 71.6 cm³/mol. The third-order valence-electron chi connectivity index (χ3n) is 2.64. The molecule has 0 radical (unpaired) electrons. The quantitative estimate of drug-likeness (QED) is 0.717. The molecule has 2 aromatic rings. The highest BCUT2D eigenvalue weighted by Gasteiger charge is 2.12. The van der Waals surface area contributed by atoms with Crippen molar-refractivity contribution < 1.29 is 32.4 Å². The van der Waals surface area contributed by atoms with Crippen molar-refractivity contribution >= 4 is 10.0 Å². The van der Waals surface area contributed by atoms with Crippen LogP contribution in [0.15, 0.2) is 59.5 Å². The zero-order valence-corrected chi connectivity index (χ0v) is 13.5. The van der Waals surface area contributed by atoms with Gasteiger partial charge in [-0.1, -0.05) is 48.0 Å². The molecule has 0 aromatic heterocycles. The minimum Gasteiger partial charge on any atom is -1.00 e. The van der Waals surface area contributed by atoms with Gasteiger partial charge in [-0.2, -0.15) is 0 Å². The highest BCUT2D eigenvalue weighted by Crippen LogP contribution is 2.10. The molecule has 0 aliphatic rings. The van der Waals surface area contributed by atoms with Gasteiger partial charge in [0.15, 0.2) is 0 Å². The Morgan fingerprint density at radius 3 is 2.11 bits per heavy atom. The molecule has 0 bridgehead atoms. The van der Waals surface area contributed by atoms with Gasteiger partial charge >= 0.3 is 0 Å². The van der Waals surface area contributed by atoms with Crippen LogP contribution >= 0.6 is 0 Å². The Balaban J connectivity index is 0.00000180. The van der Waals surface area contributed by atoms with E-state index >= 15 is 0 Å². The average molecular weight is 388 g/mol. The molecule has 5 heteroatoms. The van der Waals surface area contributed by atoms with Crippen molar-refractivity contribution in [2.75, 3.05) is 0 Å². The first-order valence-electron chi connectivity index (χ1n) is 5.68. The summed E-state index contributed by atoms with van der Waals surface area (Å²) in [6.07, 6.45) is 0. The highest BCUT2D eigenvalue weighted by atomic mass is 127. The third kappa shape index (κ3) is 4.59. The molecule has 0 amide bonds. The lowest BCUT2D eigenvalue weighted by Gasteiger charge is -2.07. The van der Waals surface area contributed by atoms with E-state index in [1.165, 1.54) is 0 Å². The summed E-state index contributed by atoms with van der Waals surface area (Å²) in [5.41, 5.74) is 1.98. The maximum Gasteiger partial charge on any atom is 0.240 e. The molecule has 0 fully saturated rings. The Kier molecular flexibility index (Phi) is 5.96. The minimum atomic E-state index is -3.43. The predicted octanol–water partition coefficient (Wildman–Crippen LogP) is -0.522. The summed E-state index contributed by atoms with van der Waals surface area (Å²) in [5.74, 6) is 0. The van der Waals surface area contributed by atoms with Crippen molar-refractivity contribution in [3.05, 3.63) is 65.7 Å². The second-order valence-corrected chi connectivity index (χ2v) is 5.89. The summed E-state index contributed by atoms with van der Waals surface area (Å²) in [5, 5.41) is 0. The van der Waals surface area contributed by atoms with Crippen molar-refractivity contribution in [2.45, 2.75) is 18.4 Å². The molecule has 19 heavy (non-hydrogen) atoms. The van der Waals surface area contributed by atoms with Crippen molar-refractivity contribution in [1.82, 2.24) is 4.72 Å². The lowest BCUT2D eigenvalue weighted by molar-refractivity contribution is -0.00000623. The number of aryl methyl sites for hydroxylation is 1. The molecule has 1 N–H and O–H groups in total. The van der Waals surface area contributed by atoms with E-state index in [1.54, 1.807) is 24.3 Å². The van der Waals surface area contributed by atoms with E-state index < -0.39 is 10.0 Å². The number of rotatable bonds is 4. The van der Waals surface area contributed by atoms with Crippen LogP contribution in [0.25, 0.3) is 0 Å². The maximum absolute atomic E-state index is 12.0. The summed E-state index contributed by atoms with van der Waals surface area (Å²) >= 11 is 0. The molecule has 0 spiro atoms. The van der Waals surface area contributed by atoms with Crippen LogP contribution in [0, 0.1) is 6.92 Å². The molecule has 2 aromatic carbocycles. The van der Waals surface area contributed by atoms with Gasteiger partial charge in [0.05, 0.1) is 4.90 Å². The van der Waals surface area contributed by atoms with Crippen LogP contribution in [0.5, 0.6) is 0 Å². The van der Waals surface area contributed by atoms with Crippen molar-refractivity contribution in [2.24, 2.45) is 0 Å². The first kappa shape index (κ1) is 16.1. The Morgan fingerprint density at radius 1 is 0.947 bits per heavy atom. The largest absolute Gasteiger partial charge is 1.00 e. The van der Waals surface area contributed by atoms with E-state index in [1.807, 2.05) is 37.3 Å². The number of hydrogen-bond donors (Lipinski definition) is 1. The van der Waals surface area contributed by atoms with Crippen molar-refractivity contribution in [1.29, 1.82) is 0 Å². The SMILES string of the molecule is Cc1ccc(S(=O)(=O)NCc2ccccc2)cc1.[I-]. The third-order valence-corrected chi connectivity index (χ3v) is 4.06. The van der Waals surface area contributed by atoms with Gasteiger partial charge in [0.2, 0.25) is 10.0 Å². The zero-order chi connectivity index (χ0) is 13.0. The van der Waals surface area contributed by atoms with Gasteiger partial charge in [0, 0.05) is 6.54 Å². The van der Waals surface area contributed by atoms with Crippen LogP contribution in [-0.2, 0) is 16.6 Å². The van der Waals surface area contributed by atoms with Gasteiger partial charge in [-0.25, -0.2) is 13.1 Å². The Bertz CT molecular complexity index is 610. The second kappa shape index (κ2) is 7.02. The molecule has 2 rings (SSSR count). The first-order chi connectivity index (χ1) is 8.58. The summed E-state index contributed by atoms with van der Waals surface area (Å²) < 4.78 is 26.6. The molecule has 0 aliphatic heterocycles. The Morgan fingerprint density at radius 2 is 1.53 bits per heavy atom. The smallest absolute Gasteiger partial charge is 0.240 e. The molecule has 0 atom stereocenters. The van der Waals surface area contributed by atoms with Gasteiger partial charge in [-0.05, 0) is 24.6 Å². The second-order valence-electron chi connectivity index (χ2n) is 4.12. The Hall–Kier alpha value is -0.920. The van der Waals surface area contributed by atoms with Gasteiger partial charge in [0.25, 0.3) is 0 Å². The first-order valence-corrected chi connectivity index (χ1v) is 7.16. The summed E-state index contributed by atoms with van der Waals surface area (Å²) in [6.45, 7) is 2.23. The maximum atomic E-state index is 12.0. The monoisotopic (exact) mass is 388 g/mol. The van der Waals surface area contributed by atoms with Crippen molar-refractivity contribution in [3.8, 4) is 0 Å². The topological polar surface area (TPSA) is 46.2 Å². The zero-order valence-electron chi connectivity index (χ0n) is 10.5. The lowest BCUT2D eigenvalue weighted by Crippen LogP contribution is -3.00. The van der Waals surface area contributed by atoms with Gasteiger partial charge in [-0.15, -0.1) is 0 Å². The van der Waals surface area contributed by atoms with Crippen LogP contribution < -0.4 is 28.7 Å². The fourth-order valence-corrected chi connectivity index (χ4v) is 2.59. The fraction of sp³-hybridized carbons (Fsp3) is 0.143. The van der Waals surface area contributed by atoms with Crippen LogP contribution in [0.4, 0.5) is 0 Å². The molecule has 3 nitrogen and oxygen atoms in total. The Labute approximate surface area is 131 Å². The summed E-state index contributed by atoms with van der Waals surface area (Å²) in [7, 11) is -3.43. The van der Waals surface area contributed by atoms with E-state index in [9.17, 15) is 8.42 Å². The van der Waals surface area contributed by atoms with Crippen LogP contribution in [0.3, 0.4) is 0 Å². The summed E-state index contributed by atoms with van der Waals surface area (Å²) in [6, 6.07) is 16.2. The molecule has 0 heterocycles. The summed E-state index contributed by atoms with van der Waals surface area (Å²) in [4.78, 5) is 0.295. The normalized spacial score (nSPS) is 10.8. The van der Waals surface area contributed by atoms with Gasteiger partial charge in [-0.3, -0.25) is 0 Å². The number of benzene rings is 2. The van der Waals surface area contributed by atoms with Crippen molar-refractivity contribution in [3.63, 3.8) is 0 Å². The van der Waals surface area contributed by atoms with Crippen LogP contribution in [-0.4, -0.2) is 8.42 Å². The van der Waals surface area contributed by atoms with Crippen LogP contribution in [0.1, 0.15) is 11.1 Å². The standard InChI is InChI=1S/C14H15NO2S.HI/c1-12-7-9-14(10-8-12)18(16,17)15-11-13-5-3-2-4-6-13;/h2-10,15H,11H2,1H3;1H/p-1. The van der Waals surface area contributed by atoms with E-state index in [4.69, 9.17) is 0 Å². The fourth-order valence-electron chi connectivity index (χ4n) is 1.57. The highest BCUT2D eigenvalue weighted by molar-refractivity contribution is 7.89. The van der Waals surface area contributed by atoms with E-state index in [0.29, 0.717) is 11.4 Å². The number of hydrogen-bond acceptors (Lipinski definition) is 2. The molecular weight excluding hydrogens is 373 g/mol. The molecular formula is C14H15INO2S-. The molecule has 0 saturated heterocycles. The minimum absolute atomic E-state index is 0. The molecule has 0 unspecified atom stereocenters. The van der Waals surface area contributed by atoms with E-state index in [2.05, 4.69) is 4.72 Å². The molecule has 0 saturated carbocycles. The van der Waals surface area contributed by atoms with Gasteiger partial charge in [0.1, 0.15) is 0 Å². The van der Waals surface area contributed by atoms with E-state index in [0.717, 1.165) is 11.1 Å². The number of halogens is 1. The number of nitrogens with one attached hydrogen (secondary N) is 1. The average Bonchev–Trinajstić information content (AvgIpc) is 2.38.